The van der Waals surface area contributed by atoms with Gasteiger partial charge >= 0.3 is 5.97 Å². The summed E-state index contributed by atoms with van der Waals surface area (Å²) in [6.45, 7) is -0.0917. The zero-order valence-electron chi connectivity index (χ0n) is 11.0. The van der Waals surface area contributed by atoms with Crippen LogP contribution in [0.25, 0.3) is 0 Å². The molecule has 2 saturated carbocycles. The minimum Gasteiger partial charge on any atom is -0.462 e. The van der Waals surface area contributed by atoms with E-state index in [9.17, 15) is 9.59 Å². The summed E-state index contributed by atoms with van der Waals surface area (Å²) in [5.41, 5.74) is -0.279. The molecule has 4 atom stereocenters. The molecule has 4 unspecified atom stereocenters. The van der Waals surface area contributed by atoms with Gasteiger partial charge in [0.15, 0.2) is 5.78 Å². The minimum absolute atomic E-state index is 0.00714. The Labute approximate surface area is 112 Å². The van der Waals surface area contributed by atoms with E-state index >= 15 is 0 Å². The third-order valence-corrected chi connectivity index (χ3v) is 4.67. The molecule has 0 aromatic heterocycles. The fraction of sp³-hybridized carbons (Fsp3) is 0.857. The van der Waals surface area contributed by atoms with Crippen molar-refractivity contribution >= 4 is 11.8 Å². The van der Waals surface area contributed by atoms with Gasteiger partial charge in [0.25, 0.3) is 0 Å². The first-order chi connectivity index (χ1) is 9.10. The van der Waals surface area contributed by atoms with E-state index in [1.165, 1.54) is 0 Å². The Morgan fingerprint density at radius 3 is 3.00 bits per heavy atom. The fourth-order valence-corrected chi connectivity index (χ4v) is 4.01. The van der Waals surface area contributed by atoms with E-state index in [-0.39, 0.29) is 35.8 Å². The van der Waals surface area contributed by atoms with Gasteiger partial charge < -0.3 is 14.6 Å². The van der Waals surface area contributed by atoms with Crippen LogP contribution in [-0.2, 0) is 19.1 Å². The van der Waals surface area contributed by atoms with Crippen molar-refractivity contribution < 1.29 is 24.2 Å². The molecule has 4 fully saturated rings. The number of fused-ring (bicyclic) bond motifs is 1. The quantitative estimate of drug-likeness (QED) is 0.748. The molecule has 2 saturated heterocycles. The zero-order chi connectivity index (χ0) is 13.5. The molecule has 106 valence electrons. The van der Waals surface area contributed by atoms with E-state index in [0.717, 1.165) is 32.1 Å². The van der Waals surface area contributed by atoms with Crippen LogP contribution in [0.2, 0.25) is 0 Å². The van der Waals surface area contributed by atoms with Crippen LogP contribution in [0.15, 0.2) is 0 Å². The van der Waals surface area contributed by atoms with Gasteiger partial charge in [0.2, 0.25) is 0 Å². The van der Waals surface area contributed by atoms with E-state index in [0.29, 0.717) is 12.5 Å². The highest BCUT2D eigenvalue weighted by Gasteiger charge is 2.53. The van der Waals surface area contributed by atoms with Crippen LogP contribution in [-0.4, -0.2) is 41.8 Å². The van der Waals surface area contributed by atoms with Crippen molar-refractivity contribution in [2.24, 2.45) is 11.8 Å². The van der Waals surface area contributed by atoms with Gasteiger partial charge in [-0.25, -0.2) is 0 Å². The molecule has 1 N–H and O–H groups in total. The molecule has 0 aromatic rings. The molecule has 4 bridgehead atoms. The lowest BCUT2D eigenvalue weighted by atomic mass is 9.65. The van der Waals surface area contributed by atoms with Crippen LogP contribution in [0.3, 0.4) is 0 Å². The van der Waals surface area contributed by atoms with E-state index in [4.69, 9.17) is 14.6 Å². The normalized spacial score (nSPS) is 40.1. The number of Topliss-reactive ketones (excluding diaryl/α,β-unsaturated/α-hetero) is 1. The predicted octanol–water partition coefficient (Wildman–Crippen LogP) is 0.829. The topological polar surface area (TPSA) is 72.8 Å². The molecule has 4 aliphatic rings. The van der Waals surface area contributed by atoms with E-state index in [2.05, 4.69) is 0 Å². The first kappa shape index (κ1) is 13.1. The molecule has 0 radical (unpaired) electrons. The second kappa shape index (κ2) is 4.87. The van der Waals surface area contributed by atoms with Crippen molar-refractivity contribution in [3.8, 4) is 0 Å². The van der Waals surface area contributed by atoms with Crippen molar-refractivity contribution in [3.63, 3.8) is 0 Å². The second-order valence-electron chi connectivity index (χ2n) is 6.18. The lowest BCUT2D eigenvalue weighted by molar-refractivity contribution is -0.151. The summed E-state index contributed by atoms with van der Waals surface area (Å²) in [6, 6.07) is 0. The van der Waals surface area contributed by atoms with Gasteiger partial charge in [0.1, 0.15) is 12.7 Å². The number of hydrogen-bond acceptors (Lipinski definition) is 5. The molecule has 2 heterocycles. The third-order valence-electron chi connectivity index (χ3n) is 4.67. The summed E-state index contributed by atoms with van der Waals surface area (Å²) in [5.74, 6) is 0.219. The Morgan fingerprint density at radius 1 is 1.37 bits per heavy atom. The number of esters is 1. The number of ether oxygens (including phenoxy) is 2. The van der Waals surface area contributed by atoms with Crippen molar-refractivity contribution in [1.82, 2.24) is 0 Å². The average molecular weight is 268 g/mol. The molecule has 0 amide bonds. The standard InChI is InChI=1S/C14H20O5/c15-8-11(16)1-2-18-14-5-9-3-10(6-14)13(17)19-12(4-9)7-14/h9-10,12,15H,1-8H2. The average Bonchev–Trinajstić information content (AvgIpc) is 2.52. The number of rotatable bonds is 5. The molecule has 0 spiro atoms. The van der Waals surface area contributed by atoms with Crippen LogP contribution >= 0.6 is 0 Å². The minimum atomic E-state index is -0.425. The van der Waals surface area contributed by atoms with E-state index in [1.54, 1.807) is 0 Å². The molecular weight excluding hydrogens is 248 g/mol. The van der Waals surface area contributed by atoms with Crippen molar-refractivity contribution in [3.05, 3.63) is 0 Å². The Balaban J connectivity index is 1.67. The van der Waals surface area contributed by atoms with Crippen LogP contribution < -0.4 is 0 Å². The first-order valence-corrected chi connectivity index (χ1v) is 7.07. The molecule has 19 heavy (non-hydrogen) atoms. The lowest BCUT2D eigenvalue weighted by Crippen LogP contribution is -2.47. The van der Waals surface area contributed by atoms with Gasteiger partial charge in [0.05, 0.1) is 18.1 Å². The van der Waals surface area contributed by atoms with Gasteiger partial charge in [-0.2, -0.15) is 0 Å². The van der Waals surface area contributed by atoms with Crippen molar-refractivity contribution in [2.75, 3.05) is 13.2 Å². The summed E-state index contributed by atoms with van der Waals surface area (Å²) in [6.07, 6.45) is 4.59. The van der Waals surface area contributed by atoms with E-state index in [1.807, 2.05) is 0 Å². The van der Waals surface area contributed by atoms with Crippen LogP contribution in [0, 0.1) is 11.8 Å². The largest absolute Gasteiger partial charge is 0.462 e. The number of aliphatic hydroxyl groups is 1. The van der Waals surface area contributed by atoms with Crippen molar-refractivity contribution in [2.45, 2.75) is 50.2 Å². The van der Waals surface area contributed by atoms with Gasteiger partial charge in [-0.05, 0) is 31.6 Å². The highest BCUT2D eigenvalue weighted by atomic mass is 16.6. The number of aliphatic hydroxyl groups excluding tert-OH is 1. The summed E-state index contributed by atoms with van der Waals surface area (Å²) in [7, 11) is 0. The van der Waals surface area contributed by atoms with Gasteiger partial charge in [0, 0.05) is 12.8 Å². The molecule has 2 aliphatic carbocycles. The molecule has 5 heteroatoms. The predicted molar refractivity (Wildman–Crippen MR) is 65.3 cm³/mol. The molecule has 4 rings (SSSR count). The molecule has 0 aromatic carbocycles. The summed E-state index contributed by atoms with van der Waals surface area (Å²) in [5, 5.41) is 8.71. The SMILES string of the molecule is O=C(CO)CCOC12CC3CC(C1)OC(=O)C(C3)C2. The molecule has 5 nitrogen and oxygen atoms in total. The van der Waals surface area contributed by atoms with Gasteiger partial charge in [-0.3, -0.25) is 9.59 Å². The fourth-order valence-electron chi connectivity index (χ4n) is 4.01. The van der Waals surface area contributed by atoms with Crippen LogP contribution in [0.1, 0.15) is 38.5 Å². The number of hydrogen-bond donors (Lipinski definition) is 1. The van der Waals surface area contributed by atoms with Crippen LogP contribution in [0.4, 0.5) is 0 Å². The Hall–Kier alpha value is -0.940. The number of carbonyl (C=O) groups is 2. The highest BCUT2D eigenvalue weighted by Crippen LogP contribution is 2.51. The zero-order valence-corrected chi connectivity index (χ0v) is 11.0. The molecular formula is C14H20O5. The highest BCUT2D eigenvalue weighted by molar-refractivity contribution is 5.79. The van der Waals surface area contributed by atoms with E-state index < -0.39 is 6.61 Å². The number of ketones is 1. The molecule has 2 aliphatic heterocycles. The maximum Gasteiger partial charge on any atom is 0.309 e. The van der Waals surface area contributed by atoms with Gasteiger partial charge in [-0.15, -0.1) is 0 Å². The summed E-state index contributed by atoms with van der Waals surface area (Å²) < 4.78 is 11.5. The first-order valence-electron chi connectivity index (χ1n) is 7.07. The van der Waals surface area contributed by atoms with Gasteiger partial charge in [-0.1, -0.05) is 0 Å². The summed E-state index contributed by atoms with van der Waals surface area (Å²) >= 11 is 0. The maximum absolute atomic E-state index is 11.9. The Kier molecular flexibility index (Phi) is 3.35. The third kappa shape index (κ3) is 2.54. The smallest absolute Gasteiger partial charge is 0.309 e. The monoisotopic (exact) mass is 268 g/mol. The Morgan fingerprint density at radius 2 is 2.21 bits per heavy atom. The van der Waals surface area contributed by atoms with Crippen LogP contribution in [0.5, 0.6) is 0 Å². The number of carbonyl (C=O) groups excluding carboxylic acids is 2. The summed E-state index contributed by atoms with van der Waals surface area (Å²) in [4.78, 5) is 23.0. The van der Waals surface area contributed by atoms with Crippen molar-refractivity contribution in [1.29, 1.82) is 0 Å². The lowest BCUT2D eigenvalue weighted by Gasteiger charge is -2.46. The second-order valence-corrected chi connectivity index (χ2v) is 6.18. The Bertz CT molecular complexity index is 393. The maximum atomic E-state index is 11.9.